The minimum Gasteiger partial charge on any atom is -0.444 e. The summed E-state index contributed by atoms with van der Waals surface area (Å²) in [5.74, 6) is -0.0840. The van der Waals surface area contributed by atoms with E-state index in [0.717, 1.165) is 25.7 Å². The molecule has 3 amide bonds. The lowest BCUT2D eigenvalue weighted by Crippen LogP contribution is -2.56. The number of thiazole rings is 1. The molecule has 1 aliphatic heterocycles. The second-order valence-electron chi connectivity index (χ2n) is 10.7. The molecule has 0 spiro atoms. The van der Waals surface area contributed by atoms with Crippen molar-refractivity contribution in [1.82, 2.24) is 20.5 Å². The van der Waals surface area contributed by atoms with Crippen LogP contribution in [0.3, 0.4) is 0 Å². The van der Waals surface area contributed by atoms with Gasteiger partial charge in [-0.15, -0.1) is 11.3 Å². The highest BCUT2D eigenvalue weighted by Crippen LogP contribution is 2.29. The fourth-order valence-corrected chi connectivity index (χ4v) is 5.35. The standard InChI is InChI=1S/C25H40N4O6S/c1-5-29-13-20(34-24(29)33)21(30)18(11-16-9-7-6-8-10-16)27-22(31)19(12-17-14-36-15-26-17)28-23(32)35-25(2,3)4/h14-16,18-21,30H,5-13H2,1-4H3,(H,27,31)(H,28,32)/t18-,19-,20-,21+/m0/s1. The largest absolute Gasteiger partial charge is 0.444 e. The van der Waals surface area contributed by atoms with Gasteiger partial charge < -0.3 is 30.1 Å². The Morgan fingerprint density at radius 3 is 2.58 bits per heavy atom. The van der Waals surface area contributed by atoms with Gasteiger partial charge >= 0.3 is 12.2 Å². The smallest absolute Gasteiger partial charge is 0.410 e. The first-order chi connectivity index (χ1) is 17.1. The summed E-state index contributed by atoms with van der Waals surface area (Å²) < 4.78 is 10.8. The number of carbonyl (C=O) groups is 3. The molecule has 1 aromatic heterocycles. The number of nitrogens with one attached hydrogen (secondary N) is 2. The zero-order valence-corrected chi connectivity index (χ0v) is 22.5. The first kappa shape index (κ1) is 28.2. The molecule has 0 unspecified atom stereocenters. The van der Waals surface area contributed by atoms with Crippen LogP contribution in [0.5, 0.6) is 0 Å². The summed E-state index contributed by atoms with van der Waals surface area (Å²) in [6.45, 7) is 7.86. The minimum absolute atomic E-state index is 0.183. The van der Waals surface area contributed by atoms with Crippen LogP contribution < -0.4 is 10.6 Å². The molecule has 36 heavy (non-hydrogen) atoms. The molecule has 1 saturated carbocycles. The molecule has 3 N–H and O–H groups in total. The van der Waals surface area contributed by atoms with Crippen LogP contribution in [0.15, 0.2) is 10.9 Å². The molecule has 202 valence electrons. The van der Waals surface area contributed by atoms with E-state index in [1.54, 1.807) is 26.3 Å². The monoisotopic (exact) mass is 524 g/mol. The predicted octanol–water partition coefficient (Wildman–Crippen LogP) is 3.24. The number of cyclic esters (lactones) is 1. The number of aliphatic hydroxyl groups is 1. The van der Waals surface area contributed by atoms with Crippen LogP contribution in [-0.2, 0) is 20.7 Å². The van der Waals surface area contributed by atoms with Gasteiger partial charge in [0.15, 0.2) is 0 Å². The van der Waals surface area contributed by atoms with Crippen LogP contribution in [0, 0.1) is 5.92 Å². The number of aromatic nitrogens is 1. The molecule has 0 radical (unpaired) electrons. The van der Waals surface area contributed by atoms with Crippen molar-refractivity contribution < 1.29 is 29.0 Å². The molecule has 1 aliphatic carbocycles. The summed E-state index contributed by atoms with van der Waals surface area (Å²) in [5.41, 5.74) is 1.62. The maximum Gasteiger partial charge on any atom is 0.410 e. The SMILES string of the molecule is CCN1C[C@@H]([C@H](O)[C@H](CC2CCCCC2)NC(=O)[C@H](Cc2cscn2)NC(=O)OC(C)(C)C)OC1=O. The van der Waals surface area contributed by atoms with E-state index in [1.807, 2.05) is 12.3 Å². The Balaban J connectivity index is 1.75. The zero-order chi connectivity index (χ0) is 26.3. The third-order valence-electron chi connectivity index (χ3n) is 6.63. The van der Waals surface area contributed by atoms with Crippen LogP contribution >= 0.6 is 11.3 Å². The molecule has 2 aliphatic rings. The van der Waals surface area contributed by atoms with Crippen molar-refractivity contribution in [3.8, 4) is 0 Å². The molecule has 1 saturated heterocycles. The van der Waals surface area contributed by atoms with Gasteiger partial charge in [-0.2, -0.15) is 0 Å². The average Bonchev–Trinajstić information content (AvgIpc) is 3.46. The van der Waals surface area contributed by atoms with Gasteiger partial charge in [-0.1, -0.05) is 32.1 Å². The summed E-state index contributed by atoms with van der Waals surface area (Å²) in [7, 11) is 0. The van der Waals surface area contributed by atoms with E-state index < -0.39 is 48.0 Å². The van der Waals surface area contributed by atoms with Crippen molar-refractivity contribution in [1.29, 1.82) is 0 Å². The quantitative estimate of drug-likeness (QED) is 0.428. The van der Waals surface area contributed by atoms with Gasteiger partial charge in [0, 0.05) is 18.3 Å². The zero-order valence-electron chi connectivity index (χ0n) is 21.7. The number of hydrogen-bond acceptors (Lipinski definition) is 8. The van der Waals surface area contributed by atoms with Crippen LogP contribution in [0.1, 0.15) is 71.9 Å². The van der Waals surface area contributed by atoms with Crippen molar-refractivity contribution in [2.24, 2.45) is 5.92 Å². The molecule has 0 aromatic carbocycles. The Hall–Kier alpha value is -2.40. The van der Waals surface area contributed by atoms with Crippen LogP contribution in [0.2, 0.25) is 0 Å². The Labute approximate surface area is 217 Å². The van der Waals surface area contributed by atoms with E-state index in [2.05, 4.69) is 15.6 Å². The summed E-state index contributed by atoms with van der Waals surface area (Å²) in [6, 6.07) is -1.57. The molecule has 3 rings (SSSR count). The second-order valence-corrected chi connectivity index (χ2v) is 11.4. The van der Waals surface area contributed by atoms with Gasteiger partial charge in [-0.3, -0.25) is 4.79 Å². The van der Waals surface area contributed by atoms with Crippen molar-refractivity contribution in [3.05, 3.63) is 16.6 Å². The molecule has 2 fully saturated rings. The third-order valence-corrected chi connectivity index (χ3v) is 7.26. The van der Waals surface area contributed by atoms with Crippen LogP contribution in [0.25, 0.3) is 0 Å². The second kappa shape index (κ2) is 12.7. The van der Waals surface area contributed by atoms with Crippen molar-refractivity contribution in [2.45, 2.75) is 103 Å². The van der Waals surface area contributed by atoms with E-state index in [1.165, 1.54) is 22.7 Å². The van der Waals surface area contributed by atoms with E-state index in [9.17, 15) is 19.5 Å². The lowest BCUT2D eigenvalue weighted by molar-refractivity contribution is -0.125. The lowest BCUT2D eigenvalue weighted by atomic mass is 9.83. The summed E-state index contributed by atoms with van der Waals surface area (Å²) >= 11 is 1.40. The van der Waals surface area contributed by atoms with Crippen molar-refractivity contribution in [3.63, 3.8) is 0 Å². The van der Waals surface area contributed by atoms with Gasteiger partial charge in [0.2, 0.25) is 5.91 Å². The number of rotatable bonds is 10. The molecule has 2 heterocycles. The van der Waals surface area contributed by atoms with Crippen LogP contribution in [0.4, 0.5) is 9.59 Å². The number of nitrogens with zero attached hydrogens (tertiary/aromatic N) is 2. The maximum absolute atomic E-state index is 13.5. The Morgan fingerprint density at radius 2 is 2.00 bits per heavy atom. The van der Waals surface area contributed by atoms with E-state index in [4.69, 9.17) is 9.47 Å². The molecule has 0 bridgehead atoms. The van der Waals surface area contributed by atoms with Gasteiger partial charge in [-0.25, -0.2) is 14.6 Å². The molecule has 1 aromatic rings. The summed E-state index contributed by atoms with van der Waals surface area (Å²) in [4.78, 5) is 43.9. The Kier molecular flexibility index (Phi) is 9.95. The van der Waals surface area contributed by atoms with Gasteiger partial charge in [0.05, 0.1) is 23.8 Å². The molecule has 4 atom stereocenters. The average molecular weight is 525 g/mol. The van der Waals surface area contributed by atoms with Gasteiger partial charge in [-0.05, 0) is 40.0 Å². The number of amides is 3. The first-order valence-electron chi connectivity index (χ1n) is 12.9. The highest BCUT2D eigenvalue weighted by atomic mass is 32.1. The fraction of sp³-hybridized carbons (Fsp3) is 0.760. The van der Waals surface area contributed by atoms with Crippen molar-refractivity contribution >= 4 is 29.4 Å². The molecular formula is C25H40N4O6S. The summed E-state index contributed by atoms with van der Waals surface area (Å²) in [6.07, 6.45) is 3.28. The highest BCUT2D eigenvalue weighted by Gasteiger charge is 2.40. The lowest BCUT2D eigenvalue weighted by Gasteiger charge is -2.33. The number of carbonyl (C=O) groups excluding carboxylic acids is 3. The van der Waals surface area contributed by atoms with Crippen LogP contribution in [-0.4, -0.2) is 76.1 Å². The van der Waals surface area contributed by atoms with E-state index in [0.29, 0.717) is 24.6 Å². The number of likely N-dealkylation sites (N-methyl/N-ethyl adjacent to an activating group) is 1. The normalized spacial score (nSPS) is 21.4. The molecule has 10 nitrogen and oxygen atoms in total. The summed E-state index contributed by atoms with van der Waals surface area (Å²) in [5, 5.41) is 18.7. The highest BCUT2D eigenvalue weighted by molar-refractivity contribution is 7.07. The minimum atomic E-state index is -1.07. The Morgan fingerprint density at radius 1 is 1.28 bits per heavy atom. The number of hydrogen-bond donors (Lipinski definition) is 3. The fourth-order valence-electron chi connectivity index (χ4n) is 4.78. The first-order valence-corrected chi connectivity index (χ1v) is 13.8. The topological polar surface area (TPSA) is 130 Å². The van der Waals surface area contributed by atoms with Crippen molar-refractivity contribution in [2.75, 3.05) is 13.1 Å². The third kappa shape index (κ3) is 8.33. The predicted molar refractivity (Wildman–Crippen MR) is 136 cm³/mol. The van der Waals surface area contributed by atoms with E-state index in [-0.39, 0.29) is 13.0 Å². The maximum atomic E-state index is 13.5. The number of alkyl carbamates (subject to hydrolysis) is 1. The number of ether oxygens (including phenoxy) is 2. The number of aliphatic hydroxyl groups excluding tert-OH is 1. The molecule has 11 heteroatoms. The van der Waals surface area contributed by atoms with Gasteiger partial charge in [0.1, 0.15) is 23.9 Å². The Bertz CT molecular complexity index is 868. The molecular weight excluding hydrogens is 484 g/mol. The van der Waals surface area contributed by atoms with E-state index >= 15 is 0 Å². The van der Waals surface area contributed by atoms with Gasteiger partial charge in [0.25, 0.3) is 0 Å².